The number of aliphatic hydroxyl groups excluding tert-OH is 1. The molecular weight excluding hydrogens is 412 g/mol. The van der Waals surface area contributed by atoms with Gasteiger partial charge in [-0.25, -0.2) is 0 Å². The number of ether oxygens (including phenoxy) is 2. The number of likely N-dealkylation sites (tertiary alicyclic amines) is 1. The molecule has 8 nitrogen and oxygen atoms in total. The van der Waals surface area contributed by atoms with Crippen molar-refractivity contribution in [3.8, 4) is 0 Å². The first kappa shape index (κ1) is 24.5. The van der Waals surface area contributed by atoms with Crippen molar-refractivity contribution in [3.63, 3.8) is 0 Å². The topological polar surface area (TPSA) is 96.4 Å². The van der Waals surface area contributed by atoms with Gasteiger partial charge in [-0.3, -0.25) is 14.4 Å². The number of esters is 1. The molecule has 1 N–H and O–H groups in total. The van der Waals surface area contributed by atoms with Crippen LogP contribution in [0.4, 0.5) is 0 Å². The molecule has 3 aliphatic rings. The highest BCUT2D eigenvalue weighted by Gasteiger charge is 2.74. The normalized spacial score (nSPS) is 30.3. The van der Waals surface area contributed by atoms with E-state index in [4.69, 9.17) is 9.47 Å². The van der Waals surface area contributed by atoms with Crippen molar-refractivity contribution in [1.82, 2.24) is 9.80 Å². The molecule has 3 heterocycles. The summed E-state index contributed by atoms with van der Waals surface area (Å²) in [6.45, 7) is 10.8. The molecule has 0 saturated carbocycles. The smallest absolute Gasteiger partial charge is 0.312 e. The van der Waals surface area contributed by atoms with Gasteiger partial charge in [-0.05, 0) is 32.1 Å². The lowest BCUT2D eigenvalue weighted by Gasteiger charge is -2.36. The lowest BCUT2D eigenvalue weighted by atomic mass is 9.70. The Bertz CT molecular complexity index is 740. The summed E-state index contributed by atoms with van der Waals surface area (Å²) in [4.78, 5) is 43.6. The van der Waals surface area contributed by atoms with Crippen LogP contribution in [0.2, 0.25) is 0 Å². The summed E-state index contributed by atoms with van der Waals surface area (Å²) in [5.74, 6) is -2.28. The third kappa shape index (κ3) is 4.22. The van der Waals surface area contributed by atoms with Crippen LogP contribution in [0.15, 0.2) is 25.3 Å². The van der Waals surface area contributed by atoms with Crippen LogP contribution in [0.25, 0.3) is 0 Å². The number of unbranched alkanes of at least 4 members (excludes halogenated alkanes) is 2. The molecule has 0 aromatic rings. The van der Waals surface area contributed by atoms with Gasteiger partial charge in [-0.15, -0.1) is 6.58 Å². The molecule has 3 rings (SSSR count). The number of nitrogens with zero attached hydrogens (tertiary/aromatic N) is 2. The Kier molecular flexibility index (Phi) is 8.11. The van der Waals surface area contributed by atoms with E-state index in [2.05, 4.69) is 20.1 Å². The quantitative estimate of drug-likeness (QED) is 0.262. The van der Waals surface area contributed by atoms with Crippen LogP contribution in [0.5, 0.6) is 0 Å². The second kappa shape index (κ2) is 10.6. The van der Waals surface area contributed by atoms with Crippen molar-refractivity contribution in [2.45, 2.75) is 63.2 Å². The van der Waals surface area contributed by atoms with Crippen molar-refractivity contribution in [2.24, 2.45) is 11.8 Å². The second-order valence-corrected chi connectivity index (χ2v) is 8.86. The maximum absolute atomic E-state index is 13.8. The van der Waals surface area contributed by atoms with Gasteiger partial charge in [0.25, 0.3) is 0 Å². The molecule has 0 aromatic heterocycles. The Hall–Kier alpha value is -2.19. The Labute approximate surface area is 190 Å². The zero-order valence-electron chi connectivity index (χ0n) is 19.0. The predicted octanol–water partition coefficient (Wildman–Crippen LogP) is 1.68. The fourth-order valence-electron chi connectivity index (χ4n) is 5.54. The highest BCUT2D eigenvalue weighted by Crippen LogP contribution is 2.58. The SMILES string of the molecule is C=CCOC(=O)[C@@H]1[C@@H]2CCC3(O2)C(C(=O)N(CC=C)CCCC)N(CCCCO)C(=O)[C@H]13. The van der Waals surface area contributed by atoms with Crippen LogP contribution in [0.3, 0.4) is 0 Å². The third-order valence-electron chi connectivity index (χ3n) is 6.90. The minimum absolute atomic E-state index is 0.0172. The molecule has 3 saturated heterocycles. The fraction of sp³-hybridized carbons (Fsp3) is 0.708. The van der Waals surface area contributed by atoms with E-state index in [9.17, 15) is 19.5 Å². The minimum Gasteiger partial charge on any atom is -0.461 e. The number of hydrogen-bond donors (Lipinski definition) is 1. The first-order chi connectivity index (χ1) is 15.5. The maximum Gasteiger partial charge on any atom is 0.312 e. The molecule has 178 valence electrons. The van der Waals surface area contributed by atoms with Crippen molar-refractivity contribution in [3.05, 3.63) is 25.3 Å². The molecule has 3 aliphatic heterocycles. The lowest BCUT2D eigenvalue weighted by molar-refractivity contribution is -0.154. The largest absolute Gasteiger partial charge is 0.461 e. The average Bonchev–Trinajstić information content (AvgIpc) is 3.42. The lowest BCUT2D eigenvalue weighted by Crippen LogP contribution is -2.56. The molecule has 0 aromatic carbocycles. The summed E-state index contributed by atoms with van der Waals surface area (Å²) < 4.78 is 11.7. The second-order valence-electron chi connectivity index (χ2n) is 8.86. The van der Waals surface area contributed by atoms with Gasteiger partial charge in [-0.2, -0.15) is 0 Å². The average molecular weight is 449 g/mol. The van der Waals surface area contributed by atoms with Gasteiger partial charge in [0, 0.05) is 26.2 Å². The number of carbonyl (C=O) groups is 3. The van der Waals surface area contributed by atoms with Crippen molar-refractivity contribution < 1.29 is 29.0 Å². The van der Waals surface area contributed by atoms with Gasteiger partial charge in [-0.1, -0.05) is 32.1 Å². The standard InChI is InChI=1S/C24H36N2O6/c1-4-7-13-25(12-5-2)22(29)20-24-11-10-17(32-24)18(23(30)31-16-6-3)19(24)21(28)26(20)14-8-9-15-27/h5-6,17-20,27H,2-4,7-16H2,1H3/t17-,18+,19-,20?,24?/m0/s1. The molecule has 0 radical (unpaired) electrons. The van der Waals surface area contributed by atoms with Crippen LogP contribution in [-0.4, -0.2) is 83.3 Å². The Morgan fingerprint density at radius 3 is 2.75 bits per heavy atom. The van der Waals surface area contributed by atoms with E-state index < -0.39 is 35.6 Å². The highest BCUT2D eigenvalue weighted by molar-refractivity contribution is 5.98. The number of fused-ring (bicyclic) bond motifs is 1. The van der Waals surface area contributed by atoms with E-state index in [-0.39, 0.29) is 25.0 Å². The van der Waals surface area contributed by atoms with Gasteiger partial charge in [0.05, 0.1) is 17.9 Å². The number of carbonyl (C=O) groups excluding carboxylic acids is 3. The molecule has 2 unspecified atom stereocenters. The monoisotopic (exact) mass is 448 g/mol. The molecule has 3 fully saturated rings. The van der Waals surface area contributed by atoms with Crippen LogP contribution in [0, 0.1) is 11.8 Å². The number of aliphatic hydroxyl groups is 1. The van der Waals surface area contributed by atoms with E-state index in [0.29, 0.717) is 45.3 Å². The number of hydrogen-bond acceptors (Lipinski definition) is 6. The molecule has 1 spiro atoms. The summed E-state index contributed by atoms with van der Waals surface area (Å²) in [7, 11) is 0. The van der Waals surface area contributed by atoms with E-state index >= 15 is 0 Å². The van der Waals surface area contributed by atoms with Gasteiger partial charge in [0.1, 0.15) is 18.2 Å². The van der Waals surface area contributed by atoms with Gasteiger partial charge < -0.3 is 24.4 Å². The molecule has 2 amide bonds. The summed E-state index contributed by atoms with van der Waals surface area (Å²) in [6.07, 6.45) is 6.83. The predicted molar refractivity (Wildman–Crippen MR) is 118 cm³/mol. The third-order valence-corrected chi connectivity index (χ3v) is 6.90. The number of amides is 2. The van der Waals surface area contributed by atoms with E-state index in [0.717, 1.165) is 12.8 Å². The summed E-state index contributed by atoms with van der Waals surface area (Å²) in [6, 6.07) is -0.780. The van der Waals surface area contributed by atoms with E-state index in [1.807, 2.05) is 0 Å². The molecule has 8 heteroatoms. The van der Waals surface area contributed by atoms with Gasteiger partial charge >= 0.3 is 5.97 Å². The molecule has 2 bridgehead atoms. The first-order valence-electron chi connectivity index (χ1n) is 11.7. The Morgan fingerprint density at radius 2 is 2.09 bits per heavy atom. The summed E-state index contributed by atoms with van der Waals surface area (Å²) in [5, 5.41) is 9.21. The molecule has 0 aliphatic carbocycles. The summed E-state index contributed by atoms with van der Waals surface area (Å²) in [5.41, 5.74) is -1.01. The fourth-order valence-corrected chi connectivity index (χ4v) is 5.54. The zero-order valence-corrected chi connectivity index (χ0v) is 19.0. The van der Waals surface area contributed by atoms with Gasteiger partial charge in [0.2, 0.25) is 11.8 Å². The molecule has 5 atom stereocenters. The Morgan fingerprint density at radius 1 is 1.31 bits per heavy atom. The van der Waals surface area contributed by atoms with Crippen LogP contribution in [-0.2, 0) is 23.9 Å². The molecular formula is C24H36N2O6. The van der Waals surface area contributed by atoms with Crippen LogP contribution in [0.1, 0.15) is 45.4 Å². The van der Waals surface area contributed by atoms with Crippen molar-refractivity contribution in [2.75, 3.05) is 32.8 Å². The highest BCUT2D eigenvalue weighted by atomic mass is 16.6. The molecule has 32 heavy (non-hydrogen) atoms. The van der Waals surface area contributed by atoms with Crippen LogP contribution < -0.4 is 0 Å². The first-order valence-corrected chi connectivity index (χ1v) is 11.7. The van der Waals surface area contributed by atoms with E-state index in [1.54, 1.807) is 15.9 Å². The van der Waals surface area contributed by atoms with Gasteiger partial charge in [0.15, 0.2) is 0 Å². The van der Waals surface area contributed by atoms with Crippen molar-refractivity contribution in [1.29, 1.82) is 0 Å². The van der Waals surface area contributed by atoms with Crippen LogP contribution >= 0.6 is 0 Å². The maximum atomic E-state index is 13.8. The minimum atomic E-state index is -1.01. The number of rotatable bonds is 13. The van der Waals surface area contributed by atoms with E-state index in [1.165, 1.54) is 6.08 Å². The van der Waals surface area contributed by atoms with Crippen molar-refractivity contribution >= 4 is 17.8 Å². The Balaban J connectivity index is 1.95. The summed E-state index contributed by atoms with van der Waals surface area (Å²) >= 11 is 0. The zero-order chi connectivity index (χ0) is 23.3.